The van der Waals surface area contributed by atoms with Crippen LogP contribution in [0.1, 0.15) is 27.0 Å². The summed E-state index contributed by atoms with van der Waals surface area (Å²) in [6.07, 6.45) is 0. The number of carbonyl (C=O) groups excluding carboxylic acids is 1. The Morgan fingerprint density at radius 1 is 1.14 bits per heavy atom. The summed E-state index contributed by atoms with van der Waals surface area (Å²) in [5, 5.41) is 3.15. The zero-order valence-corrected chi connectivity index (χ0v) is 12.4. The third-order valence-electron chi connectivity index (χ3n) is 3.44. The lowest BCUT2D eigenvalue weighted by atomic mass is 10.1. The van der Waals surface area contributed by atoms with Crippen molar-refractivity contribution in [2.75, 3.05) is 12.4 Å². The second kappa shape index (κ2) is 6.39. The topological polar surface area (TPSA) is 38.3 Å². The van der Waals surface area contributed by atoms with Gasteiger partial charge >= 0.3 is 5.97 Å². The van der Waals surface area contributed by atoms with Crippen molar-refractivity contribution < 1.29 is 13.9 Å². The number of aryl methyl sites for hydroxylation is 2. The number of anilines is 1. The average Bonchev–Trinajstić information content (AvgIpc) is 2.48. The van der Waals surface area contributed by atoms with Crippen molar-refractivity contribution in [3.63, 3.8) is 0 Å². The van der Waals surface area contributed by atoms with Gasteiger partial charge in [0.2, 0.25) is 0 Å². The predicted octanol–water partition coefficient (Wildman–Crippen LogP) is 3.84. The van der Waals surface area contributed by atoms with E-state index in [4.69, 9.17) is 0 Å². The Labute approximate surface area is 123 Å². The van der Waals surface area contributed by atoms with Gasteiger partial charge in [-0.25, -0.2) is 9.18 Å². The van der Waals surface area contributed by atoms with Gasteiger partial charge in [0.25, 0.3) is 0 Å². The van der Waals surface area contributed by atoms with E-state index in [0.29, 0.717) is 12.2 Å². The van der Waals surface area contributed by atoms with Gasteiger partial charge in [0, 0.05) is 12.2 Å². The van der Waals surface area contributed by atoms with Crippen LogP contribution in [-0.4, -0.2) is 13.1 Å². The Morgan fingerprint density at radius 2 is 1.90 bits per heavy atom. The molecule has 0 bridgehead atoms. The lowest BCUT2D eigenvalue weighted by molar-refractivity contribution is 0.0601. The quantitative estimate of drug-likeness (QED) is 0.868. The van der Waals surface area contributed by atoms with Gasteiger partial charge in [-0.05, 0) is 48.7 Å². The third-order valence-corrected chi connectivity index (χ3v) is 3.44. The predicted molar refractivity (Wildman–Crippen MR) is 81.0 cm³/mol. The maximum Gasteiger partial charge on any atom is 0.340 e. The first-order valence-corrected chi connectivity index (χ1v) is 6.69. The van der Waals surface area contributed by atoms with Crippen LogP contribution in [0.4, 0.5) is 10.1 Å². The van der Waals surface area contributed by atoms with Crippen LogP contribution < -0.4 is 5.32 Å². The van der Waals surface area contributed by atoms with Gasteiger partial charge in [-0.1, -0.05) is 18.2 Å². The molecule has 0 amide bonds. The van der Waals surface area contributed by atoms with Crippen molar-refractivity contribution in [3.05, 3.63) is 64.5 Å². The van der Waals surface area contributed by atoms with Gasteiger partial charge in [0.1, 0.15) is 5.82 Å². The van der Waals surface area contributed by atoms with Crippen LogP contribution in [0.15, 0.2) is 36.4 Å². The van der Waals surface area contributed by atoms with Gasteiger partial charge in [0.15, 0.2) is 0 Å². The van der Waals surface area contributed by atoms with Crippen LogP contribution in [0.3, 0.4) is 0 Å². The molecule has 0 aromatic heterocycles. The van der Waals surface area contributed by atoms with Crippen LogP contribution in [-0.2, 0) is 11.3 Å². The Balaban J connectivity index is 2.19. The number of carbonyl (C=O) groups is 1. The van der Waals surface area contributed by atoms with E-state index in [1.165, 1.54) is 30.4 Å². The van der Waals surface area contributed by atoms with Crippen molar-refractivity contribution in [1.29, 1.82) is 0 Å². The van der Waals surface area contributed by atoms with E-state index in [2.05, 4.69) is 36.0 Å². The highest BCUT2D eigenvalue weighted by Gasteiger charge is 2.12. The van der Waals surface area contributed by atoms with Gasteiger partial charge in [-0.3, -0.25) is 0 Å². The zero-order valence-electron chi connectivity index (χ0n) is 12.4. The van der Waals surface area contributed by atoms with Crippen LogP contribution in [0.2, 0.25) is 0 Å². The summed E-state index contributed by atoms with van der Waals surface area (Å²) in [5.41, 5.74) is 4.29. The first kappa shape index (κ1) is 15.0. The molecule has 0 aliphatic rings. The van der Waals surface area contributed by atoms with E-state index in [-0.39, 0.29) is 5.56 Å². The van der Waals surface area contributed by atoms with Crippen molar-refractivity contribution in [2.45, 2.75) is 20.4 Å². The van der Waals surface area contributed by atoms with Gasteiger partial charge in [-0.2, -0.15) is 0 Å². The SMILES string of the molecule is COC(=O)c1cc(F)ccc1NCc1ccc(C)c(C)c1. The zero-order chi connectivity index (χ0) is 15.4. The fraction of sp³-hybridized carbons (Fsp3) is 0.235. The van der Waals surface area contributed by atoms with Crippen molar-refractivity contribution in [2.24, 2.45) is 0 Å². The van der Waals surface area contributed by atoms with Crippen LogP contribution in [0.5, 0.6) is 0 Å². The molecule has 0 fully saturated rings. The minimum Gasteiger partial charge on any atom is -0.465 e. The molecule has 0 aliphatic carbocycles. The molecule has 0 heterocycles. The molecule has 0 spiro atoms. The van der Waals surface area contributed by atoms with Crippen LogP contribution in [0, 0.1) is 19.7 Å². The van der Waals surface area contributed by atoms with Gasteiger partial charge < -0.3 is 10.1 Å². The molecule has 2 aromatic rings. The first-order valence-electron chi connectivity index (χ1n) is 6.69. The highest BCUT2D eigenvalue weighted by Crippen LogP contribution is 2.19. The van der Waals surface area contributed by atoms with E-state index in [1.807, 2.05) is 6.07 Å². The summed E-state index contributed by atoms with van der Waals surface area (Å²) in [6, 6.07) is 10.2. The number of ether oxygens (including phenoxy) is 1. The molecule has 1 N–H and O–H groups in total. The lowest BCUT2D eigenvalue weighted by Gasteiger charge is -2.12. The summed E-state index contributed by atoms with van der Waals surface area (Å²) < 4.78 is 17.9. The fourth-order valence-corrected chi connectivity index (χ4v) is 2.06. The number of rotatable bonds is 4. The molecule has 2 aromatic carbocycles. The minimum atomic E-state index is -0.558. The molecule has 0 saturated carbocycles. The van der Waals surface area contributed by atoms with Crippen LogP contribution in [0.25, 0.3) is 0 Å². The number of halogens is 1. The molecule has 3 nitrogen and oxygen atoms in total. The molecular formula is C17H18FNO2. The highest BCUT2D eigenvalue weighted by atomic mass is 19.1. The minimum absolute atomic E-state index is 0.196. The van der Waals surface area contributed by atoms with Crippen molar-refractivity contribution in [3.8, 4) is 0 Å². The largest absolute Gasteiger partial charge is 0.465 e. The lowest BCUT2D eigenvalue weighted by Crippen LogP contribution is -2.09. The number of nitrogens with one attached hydrogen (secondary N) is 1. The number of methoxy groups -OCH3 is 1. The third kappa shape index (κ3) is 3.60. The Bertz CT molecular complexity index is 668. The van der Waals surface area contributed by atoms with E-state index >= 15 is 0 Å². The number of benzene rings is 2. The van der Waals surface area contributed by atoms with E-state index in [0.717, 1.165) is 5.56 Å². The maximum atomic E-state index is 13.3. The second-order valence-electron chi connectivity index (χ2n) is 4.95. The summed E-state index contributed by atoms with van der Waals surface area (Å²) in [5.74, 6) is -1.02. The van der Waals surface area contributed by atoms with E-state index in [1.54, 1.807) is 6.07 Å². The second-order valence-corrected chi connectivity index (χ2v) is 4.95. The molecule has 110 valence electrons. The summed E-state index contributed by atoms with van der Waals surface area (Å²) >= 11 is 0. The van der Waals surface area contributed by atoms with Crippen molar-refractivity contribution >= 4 is 11.7 Å². The molecule has 0 unspecified atom stereocenters. The summed E-state index contributed by atoms with van der Waals surface area (Å²) in [7, 11) is 1.28. The molecule has 0 saturated heterocycles. The Hall–Kier alpha value is -2.36. The molecule has 0 atom stereocenters. The number of hydrogen-bond acceptors (Lipinski definition) is 3. The molecule has 4 heteroatoms. The normalized spacial score (nSPS) is 10.3. The monoisotopic (exact) mass is 287 g/mol. The van der Waals surface area contributed by atoms with Gasteiger partial charge in [-0.15, -0.1) is 0 Å². The average molecular weight is 287 g/mol. The Kier molecular flexibility index (Phi) is 4.58. The molecule has 2 rings (SSSR count). The van der Waals surface area contributed by atoms with Gasteiger partial charge in [0.05, 0.1) is 12.7 Å². The molecule has 21 heavy (non-hydrogen) atoms. The Morgan fingerprint density at radius 3 is 2.57 bits per heavy atom. The number of esters is 1. The van der Waals surface area contributed by atoms with Crippen molar-refractivity contribution in [1.82, 2.24) is 0 Å². The number of hydrogen-bond donors (Lipinski definition) is 1. The smallest absolute Gasteiger partial charge is 0.340 e. The first-order chi connectivity index (χ1) is 10.0. The summed E-state index contributed by atoms with van der Waals surface area (Å²) in [6.45, 7) is 4.66. The van der Waals surface area contributed by atoms with E-state index in [9.17, 15) is 9.18 Å². The van der Waals surface area contributed by atoms with E-state index < -0.39 is 11.8 Å². The molecule has 0 radical (unpaired) electrons. The summed E-state index contributed by atoms with van der Waals surface area (Å²) in [4.78, 5) is 11.7. The standard InChI is InChI=1S/C17H18FNO2/c1-11-4-5-13(8-12(11)2)10-19-16-7-6-14(18)9-15(16)17(20)21-3/h4-9,19H,10H2,1-3H3. The highest BCUT2D eigenvalue weighted by molar-refractivity contribution is 5.95. The van der Waals surface area contributed by atoms with Crippen LogP contribution >= 0.6 is 0 Å². The molecule has 0 aliphatic heterocycles. The maximum absolute atomic E-state index is 13.3. The molecular weight excluding hydrogens is 269 g/mol. The fourth-order valence-electron chi connectivity index (χ4n) is 2.06.